The van der Waals surface area contributed by atoms with Crippen LogP contribution in [0.25, 0.3) is 11.3 Å². The number of aromatic amines is 2. The number of carboxylic acids is 1. The van der Waals surface area contributed by atoms with Gasteiger partial charge in [-0.15, -0.1) is 16.9 Å². The number of aliphatic carboxylic acids is 1. The molecule has 21 heteroatoms. The topological polar surface area (TPSA) is 268 Å². The van der Waals surface area contributed by atoms with Crippen LogP contribution in [0.4, 0.5) is 0 Å². The van der Waals surface area contributed by atoms with E-state index in [2.05, 4.69) is 30.8 Å². The van der Waals surface area contributed by atoms with E-state index in [4.69, 9.17) is 0 Å². The van der Waals surface area contributed by atoms with E-state index in [0.717, 1.165) is 9.21 Å². The summed E-state index contributed by atoms with van der Waals surface area (Å²) in [6.07, 6.45) is 0. The zero-order chi connectivity index (χ0) is 40.1. The Morgan fingerprint density at radius 1 is 1.04 bits per heavy atom. The fourth-order valence-corrected chi connectivity index (χ4v) is 9.83. The number of rotatable bonds is 16. The van der Waals surface area contributed by atoms with Gasteiger partial charge >= 0.3 is 5.97 Å². The average Bonchev–Trinajstić information content (AvgIpc) is 3.62. The van der Waals surface area contributed by atoms with Gasteiger partial charge in [0, 0.05) is 30.3 Å². The van der Waals surface area contributed by atoms with Crippen molar-refractivity contribution >= 4 is 57.2 Å². The van der Waals surface area contributed by atoms with Crippen molar-refractivity contribution in [3.05, 3.63) is 105 Å². The molecule has 2 aliphatic heterocycles. The first-order valence-corrected chi connectivity index (χ1v) is 20.4. The minimum atomic E-state index is -4.02. The first-order chi connectivity index (χ1) is 26.8. The smallest absolute Gasteiger partial charge is 0.352 e. The molecule has 0 spiro atoms. The van der Waals surface area contributed by atoms with E-state index in [1.54, 1.807) is 37.3 Å². The quantitative estimate of drug-likeness (QED) is 0.0598. The third kappa shape index (κ3) is 8.41. The number of aliphatic hydroxyl groups is 2. The van der Waals surface area contributed by atoms with Crippen LogP contribution in [0.5, 0.6) is 0 Å². The molecule has 1 saturated heterocycles. The summed E-state index contributed by atoms with van der Waals surface area (Å²) in [5.41, 5.74) is 0.235. The van der Waals surface area contributed by atoms with E-state index in [9.17, 15) is 47.7 Å². The molecule has 294 valence electrons. The van der Waals surface area contributed by atoms with Crippen molar-refractivity contribution in [1.82, 2.24) is 40.0 Å². The monoisotopic (exact) mass is 824 g/mol. The fourth-order valence-electron chi connectivity index (χ4n) is 6.08. The Kier molecular flexibility index (Phi) is 12.4. The van der Waals surface area contributed by atoms with E-state index in [0.29, 0.717) is 27.7 Å². The van der Waals surface area contributed by atoms with Gasteiger partial charge < -0.3 is 30.9 Å². The van der Waals surface area contributed by atoms with Gasteiger partial charge in [-0.2, -0.15) is 4.31 Å². The summed E-state index contributed by atoms with van der Waals surface area (Å²) in [5, 5.41) is 40.3. The highest BCUT2D eigenvalue weighted by Gasteiger charge is 2.54. The number of pyridine rings is 1. The number of fused-ring (bicyclic) bond motifs is 1. The summed E-state index contributed by atoms with van der Waals surface area (Å²) in [4.78, 5) is 74.1. The number of β-lactam (4-membered cyclic amide) rings is 1. The minimum Gasteiger partial charge on any atom is -0.477 e. The highest BCUT2D eigenvalue weighted by molar-refractivity contribution is 8.01. The predicted octanol–water partition coefficient (Wildman–Crippen LogP) is 0.446. The number of carboxylic acid groups (broad SMARTS) is 1. The average molecular weight is 825 g/mol. The third-order valence-electron chi connectivity index (χ3n) is 8.83. The van der Waals surface area contributed by atoms with Crippen LogP contribution in [-0.4, -0.2) is 126 Å². The van der Waals surface area contributed by atoms with E-state index >= 15 is 0 Å². The maximum absolute atomic E-state index is 13.8. The van der Waals surface area contributed by atoms with Gasteiger partial charge in [-0.05, 0) is 47.9 Å². The molecule has 2 aromatic carbocycles. The zero-order valence-electron chi connectivity index (χ0n) is 29.5. The molecule has 4 heterocycles. The molecule has 0 bridgehead atoms. The standard InChI is InChI=1S/C35H36N8O10S3/c1-19-36-35(41-40-19)55-18-22-17-54-33-27(32(49)43(33)28(22)34(50)51)39-31(48)26(21-5-3-2-4-6-21)38-30(47)24-11-12-25(37-29(24)46)20-7-9-23(10-8-20)56(52,53)42(13-15-44)14-16-45/h2-12,26-27,33,44-45H,13-18H2,1H3,(H,37,46)(H,38,47)(H,39,48)(H,50,51)(H,36,40,41)/t26-,27?,33-/m1/s1. The maximum atomic E-state index is 13.8. The first-order valence-electron chi connectivity index (χ1n) is 17.0. The molecule has 3 atom stereocenters. The Morgan fingerprint density at radius 2 is 1.73 bits per heavy atom. The van der Waals surface area contributed by atoms with E-state index in [1.807, 2.05) is 0 Å². The molecule has 1 unspecified atom stereocenters. The number of sulfonamides is 1. The van der Waals surface area contributed by atoms with Gasteiger partial charge in [0.25, 0.3) is 17.4 Å². The number of hydrogen-bond acceptors (Lipinski definition) is 13. The second-order valence-corrected chi connectivity index (χ2v) is 16.4. The lowest BCUT2D eigenvalue weighted by Gasteiger charge is -2.49. The van der Waals surface area contributed by atoms with Crippen LogP contribution in [0.2, 0.25) is 0 Å². The third-order valence-corrected chi connectivity index (χ3v) is 13.0. The molecule has 0 aliphatic carbocycles. The molecule has 3 amide bonds. The van der Waals surface area contributed by atoms with Gasteiger partial charge in [-0.3, -0.25) is 29.2 Å². The summed E-state index contributed by atoms with van der Waals surface area (Å²) in [7, 11) is -4.02. The number of amides is 3. The van der Waals surface area contributed by atoms with Crippen LogP contribution < -0.4 is 16.2 Å². The van der Waals surface area contributed by atoms with Gasteiger partial charge in [0.2, 0.25) is 21.1 Å². The van der Waals surface area contributed by atoms with Gasteiger partial charge in [0.15, 0.2) is 0 Å². The summed E-state index contributed by atoms with van der Waals surface area (Å²) >= 11 is 2.51. The molecule has 0 radical (unpaired) electrons. The Bertz CT molecular complexity index is 2330. The second kappa shape index (κ2) is 17.2. The number of aliphatic hydroxyl groups excluding tert-OH is 2. The number of nitrogens with zero attached hydrogens (tertiary/aromatic N) is 4. The number of nitrogens with one attached hydrogen (secondary N) is 4. The van der Waals surface area contributed by atoms with Crippen LogP contribution in [0.15, 0.2) is 92.8 Å². The summed E-state index contributed by atoms with van der Waals surface area (Å²) in [6, 6.07) is 13.9. The molecule has 18 nitrogen and oxygen atoms in total. The largest absolute Gasteiger partial charge is 0.477 e. The van der Waals surface area contributed by atoms with Crippen LogP contribution in [0.1, 0.15) is 27.8 Å². The molecular weight excluding hydrogens is 789 g/mol. The van der Waals surface area contributed by atoms with Crippen molar-refractivity contribution in [2.45, 2.75) is 34.4 Å². The van der Waals surface area contributed by atoms with Crippen molar-refractivity contribution in [3.63, 3.8) is 0 Å². The number of thioether (sulfide) groups is 2. The summed E-state index contributed by atoms with van der Waals surface area (Å²) in [5.74, 6) is -2.47. The first kappa shape index (κ1) is 40.3. The molecular formula is C35H36N8O10S3. The highest BCUT2D eigenvalue weighted by Crippen LogP contribution is 2.41. The zero-order valence-corrected chi connectivity index (χ0v) is 32.0. The maximum Gasteiger partial charge on any atom is 0.352 e. The Labute approximate surface area is 327 Å². The number of aromatic nitrogens is 4. The van der Waals surface area contributed by atoms with Gasteiger partial charge in [0.05, 0.1) is 18.1 Å². The molecule has 2 aromatic heterocycles. The van der Waals surface area contributed by atoms with Crippen molar-refractivity contribution in [2.24, 2.45) is 0 Å². The molecule has 7 N–H and O–H groups in total. The fraction of sp³-hybridized carbons (Fsp3) is 0.286. The highest BCUT2D eigenvalue weighted by atomic mass is 32.2. The second-order valence-electron chi connectivity index (χ2n) is 12.5. The number of hydrogen-bond donors (Lipinski definition) is 7. The van der Waals surface area contributed by atoms with Crippen LogP contribution >= 0.6 is 23.5 Å². The van der Waals surface area contributed by atoms with Gasteiger partial charge in [-0.25, -0.2) is 18.2 Å². The molecule has 1 fully saturated rings. The number of carbonyl (C=O) groups is 4. The Morgan fingerprint density at radius 3 is 2.34 bits per heavy atom. The lowest BCUT2D eigenvalue weighted by atomic mass is 10.0. The minimum absolute atomic E-state index is 0.0956. The predicted molar refractivity (Wildman–Crippen MR) is 204 cm³/mol. The molecule has 56 heavy (non-hydrogen) atoms. The Hall–Kier alpha value is -5.32. The normalized spacial score (nSPS) is 17.3. The van der Waals surface area contributed by atoms with Crippen LogP contribution in [0.3, 0.4) is 0 Å². The van der Waals surface area contributed by atoms with Crippen molar-refractivity contribution in [1.29, 1.82) is 0 Å². The molecule has 0 saturated carbocycles. The molecule has 4 aromatic rings. The van der Waals surface area contributed by atoms with Crippen molar-refractivity contribution < 1.29 is 42.9 Å². The summed E-state index contributed by atoms with van der Waals surface area (Å²) in [6.45, 7) is 0.451. The van der Waals surface area contributed by atoms with E-state index in [1.165, 1.54) is 59.9 Å². The van der Waals surface area contributed by atoms with Crippen LogP contribution in [-0.2, 0) is 24.4 Å². The number of benzene rings is 2. The number of H-pyrrole nitrogens is 2. The summed E-state index contributed by atoms with van der Waals surface area (Å²) < 4.78 is 26.9. The molecule has 2 aliphatic rings. The number of carbonyl (C=O) groups excluding carboxylic acids is 3. The number of aryl methyl sites for hydroxylation is 1. The van der Waals surface area contributed by atoms with Gasteiger partial charge in [0.1, 0.15) is 34.5 Å². The SMILES string of the molecule is Cc1nc(SCC2=C(C(=O)O)N3C(=O)C(NC(=O)[C@H](NC(=O)c4ccc(-c5ccc(S(=O)(=O)N(CCO)CCO)cc5)[nH]c4=O)c4ccccc4)[C@H]3SC2)n[nH]1. The van der Waals surface area contributed by atoms with E-state index < -0.39 is 69.9 Å². The van der Waals surface area contributed by atoms with E-state index in [-0.39, 0.29) is 46.4 Å². The lowest BCUT2D eigenvalue weighted by molar-refractivity contribution is -0.151. The van der Waals surface area contributed by atoms with Gasteiger partial charge in [-0.1, -0.05) is 54.2 Å². The molecule has 6 rings (SSSR count). The Balaban J connectivity index is 1.16. The van der Waals surface area contributed by atoms with Crippen molar-refractivity contribution in [2.75, 3.05) is 37.8 Å². The lowest BCUT2D eigenvalue weighted by Crippen LogP contribution is -2.71. The van der Waals surface area contributed by atoms with Crippen LogP contribution in [0, 0.1) is 6.92 Å². The van der Waals surface area contributed by atoms with Crippen molar-refractivity contribution in [3.8, 4) is 11.3 Å².